The summed E-state index contributed by atoms with van der Waals surface area (Å²) >= 11 is 6.36. The molecule has 3 fully saturated rings. The summed E-state index contributed by atoms with van der Waals surface area (Å²) in [5.41, 5.74) is 0.286. The van der Waals surface area contributed by atoms with Crippen molar-refractivity contribution in [1.82, 2.24) is 9.21 Å². The molecule has 1 aromatic carbocycles. The highest BCUT2D eigenvalue weighted by atomic mass is 35.5. The normalized spacial score (nSPS) is 26.6. The van der Waals surface area contributed by atoms with Gasteiger partial charge in [-0.2, -0.15) is 4.31 Å². The maximum atomic E-state index is 13.4. The average molecular weight is 441 g/mol. The van der Waals surface area contributed by atoms with Crippen LogP contribution >= 0.6 is 11.6 Å². The fourth-order valence-electron chi connectivity index (χ4n) is 4.84. The number of hydrogen-bond donors (Lipinski definition) is 0. The van der Waals surface area contributed by atoms with Gasteiger partial charge in [-0.1, -0.05) is 18.0 Å². The van der Waals surface area contributed by atoms with Gasteiger partial charge in [-0.05, 0) is 56.7 Å². The average Bonchev–Trinajstić information content (AvgIpc) is 3.25. The molecule has 29 heavy (non-hydrogen) atoms. The van der Waals surface area contributed by atoms with E-state index in [1.54, 1.807) is 6.07 Å². The minimum atomic E-state index is -3.61. The van der Waals surface area contributed by atoms with Crippen LogP contribution in [0.5, 0.6) is 0 Å². The van der Waals surface area contributed by atoms with Crippen LogP contribution in [0.25, 0.3) is 0 Å². The topological polar surface area (TPSA) is 66.9 Å². The van der Waals surface area contributed by atoms with Gasteiger partial charge >= 0.3 is 0 Å². The molecule has 2 unspecified atom stereocenters. The molecule has 3 saturated heterocycles. The first-order valence-electron chi connectivity index (χ1n) is 10.7. The number of amides is 1. The van der Waals surface area contributed by atoms with Crippen molar-refractivity contribution in [1.29, 1.82) is 0 Å². The Hall–Kier alpha value is -1.15. The van der Waals surface area contributed by atoms with E-state index in [2.05, 4.69) is 0 Å². The van der Waals surface area contributed by atoms with Crippen molar-refractivity contribution >= 4 is 27.5 Å². The number of carbonyl (C=O) groups excluding carboxylic acids is 1. The number of piperidine rings is 1. The highest BCUT2D eigenvalue weighted by molar-refractivity contribution is 7.89. The summed E-state index contributed by atoms with van der Waals surface area (Å²) in [6.45, 7) is 3.22. The largest absolute Gasteiger partial charge is 0.381 e. The molecule has 0 radical (unpaired) electrons. The molecular formula is C21H29ClN2O4S. The second-order valence-electron chi connectivity index (χ2n) is 8.29. The maximum absolute atomic E-state index is 13.4. The molecule has 0 aliphatic carbocycles. The number of ether oxygens (including phenoxy) is 1. The molecule has 0 saturated carbocycles. The first-order valence-corrected chi connectivity index (χ1v) is 12.5. The number of rotatable bonds is 4. The summed E-state index contributed by atoms with van der Waals surface area (Å²) in [4.78, 5) is 15.4. The smallest absolute Gasteiger partial charge is 0.255 e. The van der Waals surface area contributed by atoms with Crippen LogP contribution < -0.4 is 0 Å². The molecule has 3 aliphatic rings. The molecule has 0 bridgehead atoms. The van der Waals surface area contributed by atoms with E-state index >= 15 is 0 Å². The lowest BCUT2D eigenvalue weighted by molar-refractivity contribution is 0.0191. The molecule has 4 rings (SSSR count). The number of halogens is 1. The van der Waals surface area contributed by atoms with Crippen LogP contribution in [-0.2, 0) is 14.8 Å². The van der Waals surface area contributed by atoms with E-state index in [4.69, 9.17) is 16.3 Å². The van der Waals surface area contributed by atoms with E-state index in [9.17, 15) is 13.2 Å². The Morgan fingerprint density at radius 3 is 2.55 bits per heavy atom. The SMILES string of the molecule is O=C(c1cc(S(=O)(=O)N2CCCCC2)ccc1Cl)N1CCCC1C1CCCOC1. The van der Waals surface area contributed by atoms with Gasteiger partial charge in [-0.25, -0.2) is 8.42 Å². The maximum Gasteiger partial charge on any atom is 0.255 e. The van der Waals surface area contributed by atoms with E-state index in [1.165, 1.54) is 16.4 Å². The molecule has 3 heterocycles. The van der Waals surface area contributed by atoms with Gasteiger partial charge in [0, 0.05) is 38.2 Å². The van der Waals surface area contributed by atoms with Gasteiger partial charge in [0.1, 0.15) is 0 Å². The second-order valence-corrected chi connectivity index (χ2v) is 10.6. The number of likely N-dealkylation sites (tertiary alicyclic amines) is 1. The Labute approximate surface area is 178 Å². The number of hydrogen-bond acceptors (Lipinski definition) is 4. The predicted octanol–water partition coefficient (Wildman–Crippen LogP) is 3.55. The third-order valence-corrected chi connectivity index (χ3v) is 8.65. The first-order chi connectivity index (χ1) is 14.0. The van der Waals surface area contributed by atoms with E-state index in [1.807, 2.05) is 4.90 Å². The molecule has 8 heteroatoms. The molecule has 2 atom stereocenters. The molecule has 1 aromatic rings. The summed E-state index contributed by atoms with van der Waals surface area (Å²) in [6.07, 6.45) is 6.80. The Balaban J connectivity index is 1.59. The van der Waals surface area contributed by atoms with Crippen LogP contribution in [0.2, 0.25) is 5.02 Å². The van der Waals surface area contributed by atoms with E-state index in [0.29, 0.717) is 37.2 Å². The van der Waals surface area contributed by atoms with Crippen molar-refractivity contribution < 1.29 is 17.9 Å². The Morgan fingerprint density at radius 2 is 1.83 bits per heavy atom. The van der Waals surface area contributed by atoms with Crippen molar-refractivity contribution in [3.8, 4) is 0 Å². The van der Waals surface area contributed by atoms with Crippen molar-refractivity contribution in [2.24, 2.45) is 5.92 Å². The van der Waals surface area contributed by atoms with Gasteiger partial charge in [-0.15, -0.1) is 0 Å². The standard InChI is InChI=1S/C21H29ClN2O4S/c22-19-9-8-17(29(26,27)23-10-2-1-3-11-23)14-18(19)21(25)24-12-4-7-20(24)16-6-5-13-28-15-16/h8-9,14,16,20H,1-7,10-13,15H2. The van der Waals surface area contributed by atoms with Crippen LogP contribution in [-0.4, -0.2) is 62.4 Å². The van der Waals surface area contributed by atoms with Crippen LogP contribution in [0.3, 0.4) is 0 Å². The van der Waals surface area contributed by atoms with Gasteiger partial charge in [0.05, 0.1) is 22.1 Å². The van der Waals surface area contributed by atoms with Gasteiger partial charge in [0.15, 0.2) is 0 Å². The van der Waals surface area contributed by atoms with Gasteiger partial charge in [0.25, 0.3) is 5.91 Å². The fourth-order valence-corrected chi connectivity index (χ4v) is 6.58. The summed E-state index contributed by atoms with van der Waals surface area (Å²) in [7, 11) is -3.61. The third kappa shape index (κ3) is 4.33. The molecular weight excluding hydrogens is 412 g/mol. The molecule has 0 aromatic heterocycles. The highest BCUT2D eigenvalue weighted by Gasteiger charge is 2.37. The van der Waals surface area contributed by atoms with Crippen molar-refractivity contribution in [2.45, 2.75) is 55.9 Å². The third-order valence-electron chi connectivity index (χ3n) is 6.42. The van der Waals surface area contributed by atoms with Crippen molar-refractivity contribution in [3.63, 3.8) is 0 Å². The van der Waals surface area contributed by atoms with Crippen molar-refractivity contribution in [2.75, 3.05) is 32.8 Å². The molecule has 0 N–H and O–H groups in total. The zero-order valence-electron chi connectivity index (χ0n) is 16.7. The predicted molar refractivity (Wildman–Crippen MR) is 112 cm³/mol. The number of nitrogens with zero attached hydrogens (tertiary/aromatic N) is 2. The lowest BCUT2D eigenvalue weighted by Gasteiger charge is -2.34. The lowest BCUT2D eigenvalue weighted by Crippen LogP contribution is -2.43. The number of benzene rings is 1. The molecule has 3 aliphatic heterocycles. The van der Waals surface area contributed by atoms with Crippen LogP contribution in [0.4, 0.5) is 0 Å². The summed E-state index contributed by atoms with van der Waals surface area (Å²) in [6, 6.07) is 4.67. The minimum Gasteiger partial charge on any atom is -0.381 e. The summed E-state index contributed by atoms with van der Waals surface area (Å²) < 4.78 is 33.2. The molecule has 160 valence electrons. The number of sulfonamides is 1. The first kappa shape index (κ1) is 21.1. The zero-order chi connectivity index (χ0) is 20.4. The lowest BCUT2D eigenvalue weighted by atomic mass is 9.92. The minimum absolute atomic E-state index is 0.140. The van der Waals surface area contributed by atoms with Gasteiger partial charge < -0.3 is 9.64 Å². The highest BCUT2D eigenvalue weighted by Crippen LogP contribution is 2.33. The Bertz CT molecular complexity index is 848. The number of carbonyl (C=O) groups is 1. The quantitative estimate of drug-likeness (QED) is 0.718. The molecule has 6 nitrogen and oxygen atoms in total. The summed E-state index contributed by atoms with van der Waals surface area (Å²) in [5.74, 6) is 0.174. The van der Waals surface area contributed by atoms with Crippen LogP contribution in [0.15, 0.2) is 23.1 Å². The fraction of sp³-hybridized carbons (Fsp3) is 0.667. The van der Waals surface area contributed by atoms with Crippen molar-refractivity contribution in [3.05, 3.63) is 28.8 Å². The Kier molecular flexibility index (Phi) is 6.49. The van der Waals surface area contributed by atoms with Crippen LogP contribution in [0, 0.1) is 5.92 Å². The van der Waals surface area contributed by atoms with Crippen LogP contribution in [0.1, 0.15) is 55.3 Å². The zero-order valence-corrected chi connectivity index (χ0v) is 18.3. The Morgan fingerprint density at radius 1 is 1.03 bits per heavy atom. The molecule has 0 spiro atoms. The molecule has 1 amide bonds. The van der Waals surface area contributed by atoms with Gasteiger partial charge in [-0.3, -0.25) is 4.79 Å². The second kappa shape index (κ2) is 8.92. The summed E-state index contributed by atoms with van der Waals surface area (Å²) in [5, 5.41) is 0.304. The van der Waals surface area contributed by atoms with Gasteiger partial charge in [0.2, 0.25) is 10.0 Å². The van der Waals surface area contributed by atoms with E-state index in [-0.39, 0.29) is 22.4 Å². The van der Waals surface area contributed by atoms with E-state index in [0.717, 1.165) is 51.6 Å². The monoisotopic (exact) mass is 440 g/mol. The van der Waals surface area contributed by atoms with E-state index < -0.39 is 10.0 Å².